The fourth-order valence-corrected chi connectivity index (χ4v) is 5.05. The third-order valence-electron chi connectivity index (χ3n) is 4.28. The Morgan fingerprint density at radius 1 is 0.952 bits per heavy atom. The first-order valence-electron chi connectivity index (χ1n) is 8.38. The second-order valence-electron chi connectivity index (χ2n) is 5.95. The molecule has 0 spiro atoms. The molecule has 1 aliphatic rings. The molecule has 0 heterocycles. The highest BCUT2D eigenvalue weighted by molar-refractivity contribution is 7.89. The number of sulfonamides is 1. The third kappa shape index (κ3) is 6.61. The minimum atomic E-state index is -3.31. The van der Waals surface area contributed by atoms with Gasteiger partial charge in [0.25, 0.3) is 0 Å². The van der Waals surface area contributed by atoms with Crippen molar-refractivity contribution in [1.82, 2.24) is 4.31 Å². The van der Waals surface area contributed by atoms with Crippen LogP contribution >= 0.6 is 0 Å². The van der Waals surface area contributed by atoms with Gasteiger partial charge in [-0.1, -0.05) is 38.5 Å². The zero-order chi connectivity index (χ0) is 15.6. The highest BCUT2D eigenvalue weighted by Crippen LogP contribution is 2.26. The zero-order valence-corrected chi connectivity index (χ0v) is 13.9. The summed E-state index contributed by atoms with van der Waals surface area (Å²) in [6.07, 6.45) is 9.55. The van der Waals surface area contributed by atoms with Crippen LogP contribution in [0.5, 0.6) is 0 Å². The molecule has 1 fully saturated rings. The molecule has 0 aliphatic heterocycles. The summed E-state index contributed by atoms with van der Waals surface area (Å²) in [6.45, 7) is 0.593. The van der Waals surface area contributed by atoms with E-state index in [-0.39, 0.29) is 11.8 Å². The number of unbranched alkanes of at least 4 members (excludes halogenated alkanes) is 4. The van der Waals surface area contributed by atoms with Gasteiger partial charge in [0.1, 0.15) is 6.67 Å². The molecule has 126 valence electrons. The smallest absolute Gasteiger partial charge is 0.217 e. The molecule has 0 aromatic carbocycles. The van der Waals surface area contributed by atoms with Crippen molar-refractivity contribution >= 4 is 10.0 Å². The lowest BCUT2D eigenvalue weighted by atomic mass is 10.0. The fraction of sp³-hybridized carbons (Fsp3) is 1.00. The summed E-state index contributed by atoms with van der Waals surface area (Å²) >= 11 is 0. The second-order valence-corrected chi connectivity index (χ2v) is 8.16. The van der Waals surface area contributed by atoms with Crippen LogP contribution in [-0.4, -0.2) is 44.3 Å². The Morgan fingerprint density at radius 2 is 1.57 bits per heavy atom. The summed E-state index contributed by atoms with van der Waals surface area (Å²) < 4.78 is 39.3. The standard InChI is InChI=1S/C15H31FN2O2S/c16-11-14-18(13-8-3-1-2-7-12-17)21(19,20)15-9-5-4-6-10-15/h15H,1-14,17H2. The van der Waals surface area contributed by atoms with Crippen LogP contribution in [-0.2, 0) is 10.0 Å². The maximum absolute atomic E-state index is 12.7. The first-order valence-corrected chi connectivity index (χ1v) is 9.88. The maximum Gasteiger partial charge on any atom is 0.217 e. The van der Waals surface area contributed by atoms with Crippen molar-refractivity contribution in [3.8, 4) is 0 Å². The van der Waals surface area contributed by atoms with E-state index in [9.17, 15) is 12.8 Å². The van der Waals surface area contributed by atoms with E-state index in [0.29, 0.717) is 13.1 Å². The van der Waals surface area contributed by atoms with Crippen molar-refractivity contribution in [2.75, 3.05) is 26.3 Å². The Bertz CT molecular complexity index is 357. The monoisotopic (exact) mass is 322 g/mol. The van der Waals surface area contributed by atoms with Crippen LogP contribution in [0.25, 0.3) is 0 Å². The quantitative estimate of drug-likeness (QED) is 0.595. The van der Waals surface area contributed by atoms with Gasteiger partial charge in [0, 0.05) is 13.1 Å². The van der Waals surface area contributed by atoms with Gasteiger partial charge in [-0.3, -0.25) is 0 Å². The molecule has 0 aromatic rings. The SMILES string of the molecule is NCCCCCCCN(CCF)S(=O)(=O)C1CCCCC1. The molecule has 0 amide bonds. The lowest BCUT2D eigenvalue weighted by molar-refractivity contribution is 0.338. The van der Waals surface area contributed by atoms with E-state index >= 15 is 0 Å². The van der Waals surface area contributed by atoms with Gasteiger partial charge in [-0.2, -0.15) is 4.31 Å². The molecular weight excluding hydrogens is 291 g/mol. The Labute approximate surface area is 129 Å². The summed E-state index contributed by atoms with van der Waals surface area (Å²) in [5, 5.41) is -0.282. The molecule has 0 saturated heterocycles. The van der Waals surface area contributed by atoms with Crippen molar-refractivity contribution in [3.63, 3.8) is 0 Å². The van der Waals surface area contributed by atoms with Gasteiger partial charge in [0.05, 0.1) is 5.25 Å². The van der Waals surface area contributed by atoms with Crippen LogP contribution in [0.3, 0.4) is 0 Å². The van der Waals surface area contributed by atoms with Gasteiger partial charge >= 0.3 is 0 Å². The van der Waals surface area contributed by atoms with Gasteiger partial charge < -0.3 is 5.73 Å². The van der Waals surface area contributed by atoms with E-state index in [1.165, 1.54) is 4.31 Å². The molecule has 1 aliphatic carbocycles. The summed E-state index contributed by atoms with van der Waals surface area (Å²) in [6, 6.07) is 0. The molecule has 0 bridgehead atoms. The number of hydrogen-bond acceptors (Lipinski definition) is 3. The van der Waals surface area contributed by atoms with Crippen LogP contribution in [0, 0.1) is 0 Å². The second kappa shape index (κ2) is 10.5. The van der Waals surface area contributed by atoms with Crippen molar-refractivity contribution < 1.29 is 12.8 Å². The molecule has 0 unspecified atom stereocenters. The highest BCUT2D eigenvalue weighted by Gasteiger charge is 2.32. The van der Waals surface area contributed by atoms with Crippen LogP contribution in [0.1, 0.15) is 64.2 Å². The summed E-state index contributed by atoms with van der Waals surface area (Å²) in [7, 11) is -3.31. The number of hydrogen-bond donors (Lipinski definition) is 1. The molecular formula is C15H31FN2O2S. The lowest BCUT2D eigenvalue weighted by Crippen LogP contribution is -2.41. The van der Waals surface area contributed by atoms with E-state index in [2.05, 4.69) is 0 Å². The van der Waals surface area contributed by atoms with E-state index in [0.717, 1.165) is 64.2 Å². The van der Waals surface area contributed by atoms with Crippen LogP contribution < -0.4 is 5.73 Å². The van der Waals surface area contributed by atoms with Gasteiger partial charge in [-0.15, -0.1) is 0 Å². The maximum atomic E-state index is 12.7. The summed E-state index contributed by atoms with van der Waals surface area (Å²) in [5.41, 5.74) is 5.44. The van der Waals surface area contributed by atoms with Crippen LogP contribution in [0.15, 0.2) is 0 Å². The normalized spacial score (nSPS) is 17.5. The van der Waals surface area contributed by atoms with Gasteiger partial charge in [-0.05, 0) is 32.2 Å². The van der Waals surface area contributed by atoms with E-state index < -0.39 is 16.7 Å². The average Bonchev–Trinajstić information content (AvgIpc) is 2.50. The molecule has 21 heavy (non-hydrogen) atoms. The number of nitrogens with two attached hydrogens (primary N) is 1. The van der Waals surface area contributed by atoms with E-state index in [4.69, 9.17) is 5.73 Å². The number of nitrogens with zero attached hydrogens (tertiary/aromatic N) is 1. The minimum absolute atomic E-state index is 0.0155. The topological polar surface area (TPSA) is 63.4 Å². The van der Waals surface area contributed by atoms with Crippen molar-refractivity contribution in [3.05, 3.63) is 0 Å². The first kappa shape index (κ1) is 18.8. The third-order valence-corrected chi connectivity index (χ3v) is 6.68. The fourth-order valence-electron chi connectivity index (χ4n) is 3.00. The Balaban J connectivity index is 2.43. The number of halogens is 1. The molecule has 0 atom stereocenters. The Kier molecular flexibility index (Phi) is 9.44. The first-order chi connectivity index (χ1) is 10.1. The van der Waals surface area contributed by atoms with Crippen LogP contribution in [0.4, 0.5) is 4.39 Å². The number of rotatable bonds is 11. The van der Waals surface area contributed by atoms with Crippen LogP contribution in [0.2, 0.25) is 0 Å². The molecule has 4 nitrogen and oxygen atoms in total. The highest BCUT2D eigenvalue weighted by atomic mass is 32.2. The molecule has 1 saturated carbocycles. The number of alkyl halides is 1. The van der Waals surface area contributed by atoms with Crippen molar-refractivity contribution in [1.29, 1.82) is 0 Å². The largest absolute Gasteiger partial charge is 0.330 e. The Morgan fingerprint density at radius 3 is 2.19 bits per heavy atom. The van der Waals surface area contributed by atoms with Gasteiger partial charge in [0.2, 0.25) is 10.0 Å². The lowest BCUT2D eigenvalue weighted by Gasteiger charge is -2.29. The van der Waals surface area contributed by atoms with Gasteiger partial charge in [-0.25, -0.2) is 12.8 Å². The van der Waals surface area contributed by atoms with E-state index in [1.54, 1.807) is 0 Å². The Hall–Kier alpha value is -0.200. The average molecular weight is 322 g/mol. The predicted molar refractivity (Wildman–Crippen MR) is 85.5 cm³/mol. The molecule has 0 aromatic heterocycles. The molecule has 0 radical (unpaired) electrons. The summed E-state index contributed by atoms with van der Waals surface area (Å²) in [4.78, 5) is 0. The molecule has 1 rings (SSSR count). The molecule has 2 N–H and O–H groups in total. The summed E-state index contributed by atoms with van der Waals surface area (Å²) in [5.74, 6) is 0. The minimum Gasteiger partial charge on any atom is -0.330 e. The zero-order valence-electron chi connectivity index (χ0n) is 13.1. The molecule has 6 heteroatoms. The van der Waals surface area contributed by atoms with E-state index in [1.807, 2.05) is 0 Å². The van der Waals surface area contributed by atoms with Crippen molar-refractivity contribution in [2.24, 2.45) is 5.73 Å². The van der Waals surface area contributed by atoms with Crippen molar-refractivity contribution in [2.45, 2.75) is 69.5 Å². The predicted octanol–water partition coefficient (Wildman–Crippen LogP) is 2.83. The van der Waals surface area contributed by atoms with Gasteiger partial charge in [0.15, 0.2) is 0 Å².